The van der Waals surface area contributed by atoms with Crippen LogP contribution in [-0.4, -0.2) is 6.10 Å². The highest BCUT2D eigenvalue weighted by atomic mass is 16.5. The lowest BCUT2D eigenvalue weighted by atomic mass is 9.89. The monoisotopic (exact) mass is 273 g/mol. The second-order valence-electron chi connectivity index (χ2n) is 5.91. The van der Waals surface area contributed by atoms with Crippen LogP contribution in [0.2, 0.25) is 0 Å². The highest BCUT2D eigenvalue weighted by molar-refractivity contribution is 5.82. The zero-order valence-electron chi connectivity index (χ0n) is 12.1. The maximum atomic E-state index is 6.06. The molecule has 0 amide bonds. The van der Waals surface area contributed by atoms with Gasteiger partial charge in [-0.1, -0.05) is 38.0 Å². The lowest BCUT2D eigenvalue weighted by Crippen LogP contribution is -2.21. The Balaban J connectivity index is 1.73. The predicted octanol–water partition coefficient (Wildman–Crippen LogP) is 3.99. The van der Waals surface area contributed by atoms with Crippen molar-refractivity contribution >= 4 is 11.0 Å². The molecular formula is C17H23NO2. The number of nitrogens with two attached hydrogens (primary N) is 1. The van der Waals surface area contributed by atoms with E-state index in [1.165, 1.54) is 19.3 Å². The smallest absolute Gasteiger partial charge is 0.135 e. The van der Waals surface area contributed by atoms with E-state index >= 15 is 0 Å². The third kappa shape index (κ3) is 2.74. The average molecular weight is 273 g/mol. The van der Waals surface area contributed by atoms with Gasteiger partial charge in [0, 0.05) is 17.5 Å². The Morgan fingerprint density at radius 1 is 1.30 bits per heavy atom. The van der Waals surface area contributed by atoms with Gasteiger partial charge in [-0.15, -0.1) is 0 Å². The van der Waals surface area contributed by atoms with Gasteiger partial charge in [0.1, 0.15) is 18.0 Å². The molecule has 20 heavy (non-hydrogen) atoms. The first-order chi connectivity index (χ1) is 9.78. The van der Waals surface area contributed by atoms with E-state index in [1.54, 1.807) is 0 Å². The Morgan fingerprint density at radius 3 is 2.95 bits per heavy atom. The van der Waals surface area contributed by atoms with E-state index in [0.717, 1.165) is 34.6 Å². The quantitative estimate of drug-likeness (QED) is 0.916. The van der Waals surface area contributed by atoms with Gasteiger partial charge in [-0.3, -0.25) is 0 Å². The third-order valence-electron chi connectivity index (χ3n) is 4.32. The predicted molar refractivity (Wildman–Crippen MR) is 80.3 cm³/mol. The van der Waals surface area contributed by atoms with E-state index in [-0.39, 0.29) is 0 Å². The summed E-state index contributed by atoms with van der Waals surface area (Å²) in [6, 6.07) is 8.05. The maximum absolute atomic E-state index is 6.06. The number of benzene rings is 1. The molecule has 3 heteroatoms. The van der Waals surface area contributed by atoms with Crippen molar-refractivity contribution in [2.45, 2.75) is 51.9 Å². The molecule has 0 aliphatic heterocycles. The summed E-state index contributed by atoms with van der Waals surface area (Å²) in [6.45, 7) is 3.34. The van der Waals surface area contributed by atoms with E-state index in [2.05, 4.69) is 13.0 Å². The van der Waals surface area contributed by atoms with Crippen molar-refractivity contribution in [3.05, 3.63) is 35.6 Å². The van der Waals surface area contributed by atoms with Crippen molar-refractivity contribution < 1.29 is 9.15 Å². The minimum atomic E-state index is 0.373. The molecule has 2 unspecified atom stereocenters. The molecule has 108 valence electrons. The van der Waals surface area contributed by atoms with Gasteiger partial charge in [0.05, 0.1) is 6.10 Å². The summed E-state index contributed by atoms with van der Waals surface area (Å²) in [5.74, 6) is 1.67. The lowest BCUT2D eigenvalue weighted by molar-refractivity contribution is -0.00251. The summed E-state index contributed by atoms with van der Waals surface area (Å²) < 4.78 is 12.0. The minimum absolute atomic E-state index is 0.373. The minimum Gasteiger partial charge on any atom is -0.458 e. The van der Waals surface area contributed by atoms with Crippen LogP contribution in [0.3, 0.4) is 0 Å². The van der Waals surface area contributed by atoms with Crippen molar-refractivity contribution in [3.63, 3.8) is 0 Å². The van der Waals surface area contributed by atoms with Crippen LogP contribution in [0.25, 0.3) is 11.0 Å². The van der Waals surface area contributed by atoms with E-state index in [4.69, 9.17) is 14.9 Å². The van der Waals surface area contributed by atoms with Gasteiger partial charge in [0.2, 0.25) is 0 Å². The van der Waals surface area contributed by atoms with Crippen LogP contribution in [0.5, 0.6) is 0 Å². The summed E-state index contributed by atoms with van der Waals surface area (Å²) in [5.41, 5.74) is 7.87. The number of rotatable bonds is 4. The molecule has 1 saturated carbocycles. The van der Waals surface area contributed by atoms with E-state index in [9.17, 15) is 0 Å². The second-order valence-corrected chi connectivity index (χ2v) is 5.91. The molecule has 0 saturated heterocycles. The van der Waals surface area contributed by atoms with Crippen molar-refractivity contribution in [1.29, 1.82) is 0 Å². The van der Waals surface area contributed by atoms with Gasteiger partial charge in [0.25, 0.3) is 0 Å². The molecule has 1 heterocycles. The third-order valence-corrected chi connectivity index (χ3v) is 4.32. The van der Waals surface area contributed by atoms with E-state index in [1.807, 2.05) is 18.2 Å². The Morgan fingerprint density at radius 2 is 2.15 bits per heavy atom. The molecule has 3 rings (SSSR count). The Kier molecular flexibility index (Phi) is 4.08. The molecule has 1 aromatic heterocycles. The number of hydrogen-bond donors (Lipinski definition) is 1. The Bertz CT molecular complexity index is 575. The van der Waals surface area contributed by atoms with Crippen LogP contribution in [0.1, 0.15) is 43.9 Å². The van der Waals surface area contributed by atoms with E-state index in [0.29, 0.717) is 19.3 Å². The van der Waals surface area contributed by atoms with Gasteiger partial charge in [-0.05, 0) is 24.8 Å². The standard InChI is InChI=1S/C17H23NO2/c1-12-5-4-6-13(9-12)19-11-17-15(10-18)14-7-2-3-8-16(14)20-17/h2-3,7-8,12-13H,4-6,9-11,18H2,1H3. The number of furan rings is 1. The maximum Gasteiger partial charge on any atom is 0.135 e. The van der Waals surface area contributed by atoms with Crippen LogP contribution in [-0.2, 0) is 17.9 Å². The van der Waals surface area contributed by atoms with Crippen LogP contribution in [0.15, 0.2) is 28.7 Å². The highest BCUT2D eigenvalue weighted by Gasteiger charge is 2.21. The Hall–Kier alpha value is -1.32. The first kappa shape index (κ1) is 13.7. The van der Waals surface area contributed by atoms with Crippen molar-refractivity contribution in [3.8, 4) is 0 Å². The van der Waals surface area contributed by atoms with Crippen molar-refractivity contribution in [2.75, 3.05) is 0 Å². The fourth-order valence-electron chi connectivity index (χ4n) is 3.21. The molecule has 0 bridgehead atoms. The van der Waals surface area contributed by atoms with Gasteiger partial charge in [-0.2, -0.15) is 0 Å². The largest absolute Gasteiger partial charge is 0.458 e. The molecule has 0 radical (unpaired) electrons. The topological polar surface area (TPSA) is 48.4 Å². The average Bonchev–Trinajstić information content (AvgIpc) is 2.82. The number of fused-ring (bicyclic) bond motifs is 1. The molecule has 1 fully saturated rings. The van der Waals surface area contributed by atoms with E-state index < -0.39 is 0 Å². The normalized spacial score (nSPS) is 23.3. The van der Waals surface area contributed by atoms with Gasteiger partial charge in [-0.25, -0.2) is 0 Å². The molecule has 1 aliphatic rings. The number of ether oxygens (including phenoxy) is 1. The van der Waals surface area contributed by atoms with Crippen molar-refractivity contribution in [2.24, 2.45) is 11.7 Å². The number of hydrogen-bond acceptors (Lipinski definition) is 3. The summed E-state index contributed by atoms with van der Waals surface area (Å²) in [6.07, 6.45) is 5.31. The van der Waals surface area contributed by atoms with Crippen LogP contribution in [0, 0.1) is 5.92 Å². The first-order valence-corrected chi connectivity index (χ1v) is 7.59. The van der Waals surface area contributed by atoms with Gasteiger partial charge >= 0.3 is 0 Å². The lowest BCUT2D eigenvalue weighted by Gasteiger charge is -2.26. The summed E-state index contributed by atoms with van der Waals surface area (Å²) in [7, 11) is 0. The van der Waals surface area contributed by atoms with Crippen LogP contribution < -0.4 is 5.73 Å². The molecule has 1 aromatic carbocycles. The summed E-state index contributed by atoms with van der Waals surface area (Å²) in [5, 5.41) is 1.12. The fourth-order valence-corrected chi connectivity index (χ4v) is 3.21. The van der Waals surface area contributed by atoms with Crippen LogP contribution >= 0.6 is 0 Å². The second kappa shape index (κ2) is 5.98. The summed E-state index contributed by atoms with van der Waals surface area (Å²) in [4.78, 5) is 0. The fraction of sp³-hybridized carbons (Fsp3) is 0.529. The van der Waals surface area contributed by atoms with Crippen LogP contribution in [0.4, 0.5) is 0 Å². The van der Waals surface area contributed by atoms with Gasteiger partial charge in [0.15, 0.2) is 0 Å². The first-order valence-electron chi connectivity index (χ1n) is 7.59. The number of para-hydroxylation sites is 1. The molecule has 2 aromatic rings. The molecular weight excluding hydrogens is 250 g/mol. The highest BCUT2D eigenvalue weighted by Crippen LogP contribution is 2.29. The summed E-state index contributed by atoms with van der Waals surface area (Å²) >= 11 is 0. The van der Waals surface area contributed by atoms with Crippen molar-refractivity contribution in [1.82, 2.24) is 0 Å². The molecule has 2 N–H and O–H groups in total. The molecule has 3 nitrogen and oxygen atoms in total. The molecule has 1 aliphatic carbocycles. The van der Waals surface area contributed by atoms with Gasteiger partial charge < -0.3 is 14.9 Å². The molecule has 0 spiro atoms. The zero-order valence-corrected chi connectivity index (χ0v) is 12.1. The molecule has 2 atom stereocenters. The Labute approximate surface area is 120 Å². The SMILES string of the molecule is CC1CCCC(OCc2oc3ccccc3c2CN)C1. The zero-order chi connectivity index (χ0) is 13.9.